The molecule has 1 N–H and O–H groups in total. The lowest BCUT2D eigenvalue weighted by Gasteiger charge is -2.29. The summed E-state index contributed by atoms with van der Waals surface area (Å²) in [5, 5.41) is 9.60. The molecular weight excluding hydrogens is 250 g/mol. The van der Waals surface area contributed by atoms with E-state index in [9.17, 15) is 5.11 Å². The Bertz CT molecular complexity index is 359. The van der Waals surface area contributed by atoms with Crippen LogP contribution in [-0.4, -0.2) is 42.9 Å². The molecule has 1 aromatic rings. The molecule has 1 unspecified atom stereocenters. The molecule has 1 aliphatic heterocycles. The number of nitrogens with zero attached hydrogens (tertiary/aromatic N) is 1. The molecule has 1 aromatic carbocycles. The lowest BCUT2D eigenvalue weighted by Crippen LogP contribution is -2.39. The molecule has 4 heteroatoms. The molecule has 3 nitrogen and oxygen atoms in total. The maximum absolute atomic E-state index is 9.60. The molecular formula is C14H22ClNO2. The molecule has 0 saturated carbocycles. The number of aliphatic hydroxyl groups is 1. The minimum Gasteiger partial charge on any atom is -0.497 e. The Morgan fingerprint density at radius 1 is 1.44 bits per heavy atom. The third-order valence-corrected chi connectivity index (χ3v) is 3.33. The molecule has 2 rings (SSSR count). The Morgan fingerprint density at radius 3 is 3.00 bits per heavy atom. The summed E-state index contributed by atoms with van der Waals surface area (Å²) >= 11 is 0. The molecule has 1 saturated heterocycles. The van der Waals surface area contributed by atoms with Gasteiger partial charge in [0.1, 0.15) is 5.75 Å². The van der Waals surface area contributed by atoms with Gasteiger partial charge in [-0.1, -0.05) is 12.1 Å². The Kier molecular flexibility index (Phi) is 6.47. The fraction of sp³-hybridized carbons (Fsp3) is 0.571. The molecule has 0 spiro atoms. The third-order valence-electron chi connectivity index (χ3n) is 3.33. The van der Waals surface area contributed by atoms with Gasteiger partial charge < -0.3 is 14.7 Å². The van der Waals surface area contributed by atoms with E-state index in [-0.39, 0.29) is 18.5 Å². The number of hydrogen-bond acceptors (Lipinski definition) is 3. The average molecular weight is 272 g/mol. The summed E-state index contributed by atoms with van der Waals surface area (Å²) in [6.45, 7) is 2.95. The number of hydrogen-bond donors (Lipinski definition) is 1. The molecule has 1 atom stereocenters. The third kappa shape index (κ3) is 4.48. The number of likely N-dealkylation sites (tertiary alicyclic amines) is 1. The summed E-state index contributed by atoms with van der Waals surface area (Å²) < 4.78 is 5.21. The highest BCUT2D eigenvalue weighted by atomic mass is 35.5. The van der Waals surface area contributed by atoms with Gasteiger partial charge in [-0.25, -0.2) is 0 Å². The van der Waals surface area contributed by atoms with Crippen molar-refractivity contribution in [3.05, 3.63) is 29.8 Å². The Labute approximate surface area is 115 Å². The fourth-order valence-corrected chi connectivity index (χ4v) is 2.35. The van der Waals surface area contributed by atoms with E-state index in [0.717, 1.165) is 44.6 Å². The van der Waals surface area contributed by atoms with E-state index in [1.165, 1.54) is 5.56 Å². The summed E-state index contributed by atoms with van der Waals surface area (Å²) in [7, 11) is 1.69. The molecule has 0 aromatic heterocycles. The van der Waals surface area contributed by atoms with Gasteiger partial charge in [0.15, 0.2) is 0 Å². The molecule has 1 heterocycles. The van der Waals surface area contributed by atoms with Crippen LogP contribution in [0.15, 0.2) is 24.3 Å². The van der Waals surface area contributed by atoms with Gasteiger partial charge in [-0.3, -0.25) is 0 Å². The van der Waals surface area contributed by atoms with Crippen LogP contribution in [0.1, 0.15) is 18.4 Å². The number of halogens is 1. The van der Waals surface area contributed by atoms with Gasteiger partial charge in [0.05, 0.1) is 13.2 Å². The van der Waals surface area contributed by atoms with Crippen molar-refractivity contribution in [1.82, 2.24) is 4.90 Å². The number of aliphatic hydroxyl groups excluding tert-OH is 1. The molecule has 1 fully saturated rings. The van der Waals surface area contributed by atoms with Crippen molar-refractivity contribution < 1.29 is 9.84 Å². The Balaban J connectivity index is 0.00000162. The summed E-state index contributed by atoms with van der Waals surface area (Å²) in [6.07, 6.45) is 2.95. The van der Waals surface area contributed by atoms with Crippen molar-refractivity contribution in [3.8, 4) is 5.75 Å². The maximum atomic E-state index is 9.60. The first-order valence-corrected chi connectivity index (χ1v) is 6.31. The number of methoxy groups -OCH3 is 1. The normalized spacial score (nSPS) is 20.2. The van der Waals surface area contributed by atoms with Gasteiger partial charge >= 0.3 is 0 Å². The van der Waals surface area contributed by atoms with Crippen LogP contribution in [0.25, 0.3) is 0 Å². The molecule has 0 aliphatic carbocycles. The van der Waals surface area contributed by atoms with Crippen molar-refractivity contribution >= 4 is 12.4 Å². The number of β-amino-alcohol motifs (C(OH)–C–C–N with tert-alkyl or cyclic N) is 1. The lowest BCUT2D eigenvalue weighted by atomic mass is 10.1. The van der Waals surface area contributed by atoms with Gasteiger partial charge in [0.25, 0.3) is 0 Å². The summed E-state index contributed by atoms with van der Waals surface area (Å²) in [4.78, 5) is 2.34. The highest BCUT2D eigenvalue weighted by Crippen LogP contribution is 2.15. The van der Waals surface area contributed by atoms with Crippen LogP contribution in [0, 0.1) is 0 Å². The largest absolute Gasteiger partial charge is 0.497 e. The number of benzene rings is 1. The first-order chi connectivity index (χ1) is 8.28. The van der Waals surface area contributed by atoms with E-state index in [1.54, 1.807) is 7.11 Å². The quantitative estimate of drug-likeness (QED) is 0.911. The van der Waals surface area contributed by atoms with Crippen LogP contribution in [0.2, 0.25) is 0 Å². The zero-order chi connectivity index (χ0) is 12.1. The SMILES string of the molecule is COc1cccc(CCN2CCCC(O)C2)c1.Cl. The van der Waals surface area contributed by atoms with Gasteiger partial charge in [-0.05, 0) is 43.5 Å². The standard InChI is InChI=1S/C14H21NO2.ClH/c1-17-14-6-2-4-12(10-14)7-9-15-8-3-5-13(16)11-15;/h2,4,6,10,13,16H,3,5,7-9,11H2,1H3;1H. The van der Waals surface area contributed by atoms with E-state index in [0.29, 0.717) is 0 Å². The van der Waals surface area contributed by atoms with Crippen LogP contribution >= 0.6 is 12.4 Å². The Hall–Kier alpha value is -0.770. The van der Waals surface area contributed by atoms with Gasteiger partial charge in [-0.2, -0.15) is 0 Å². The number of piperidine rings is 1. The van der Waals surface area contributed by atoms with E-state index in [4.69, 9.17) is 4.74 Å². The number of ether oxygens (including phenoxy) is 1. The smallest absolute Gasteiger partial charge is 0.119 e. The van der Waals surface area contributed by atoms with Gasteiger partial charge in [0.2, 0.25) is 0 Å². The summed E-state index contributed by atoms with van der Waals surface area (Å²) in [6, 6.07) is 8.20. The minimum atomic E-state index is -0.131. The summed E-state index contributed by atoms with van der Waals surface area (Å²) in [5.41, 5.74) is 1.30. The summed E-state index contributed by atoms with van der Waals surface area (Å²) in [5.74, 6) is 0.918. The molecule has 1 aliphatic rings. The van der Waals surface area contributed by atoms with Crippen LogP contribution in [0.5, 0.6) is 5.75 Å². The van der Waals surface area contributed by atoms with Crippen molar-refractivity contribution in [2.24, 2.45) is 0 Å². The maximum Gasteiger partial charge on any atom is 0.119 e. The topological polar surface area (TPSA) is 32.7 Å². The average Bonchev–Trinajstić information content (AvgIpc) is 2.37. The first-order valence-electron chi connectivity index (χ1n) is 6.31. The van der Waals surface area contributed by atoms with Gasteiger partial charge in [0, 0.05) is 13.1 Å². The van der Waals surface area contributed by atoms with E-state index in [2.05, 4.69) is 17.0 Å². The minimum absolute atomic E-state index is 0. The van der Waals surface area contributed by atoms with E-state index in [1.807, 2.05) is 12.1 Å². The van der Waals surface area contributed by atoms with E-state index >= 15 is 0 Å². The Morgan fingerprint density at radius 2 is 2.28 bits per heavy atom. The van der Waals surface area contributed by atoms with Crippen LogP contribution in [0.3, 0.4) is 0 Å². The van der Waals surface area contributed by atoms with Crippen molar-refractivity contribution in [1.29, 1.82) is 0 Å². The first kappa shape index (κ1) is 15.3. The van der Waals surface area contributed by atoms with Crippen molar-refractivity contribution in [3.63, 3.8) is 0 Å². The van der Waals surface area contributed by atoms with Crippen LogP contribution in [0.4, 0.5) is 0 Å². The van der Waals surface area contributed by atoms with Crippen molar-refractivity contribution in [2.75, 3.05) is 26.7 Å². The predicted molar refractivity (Wildman–Crippen MR) is 75.6 cm³/mol. The highest BCUT2D eigenvalue weighted by Gasteiger charge is 2.16. The van der Waals surface area contributed by atoms with Crippen molar-refractivity contribution in [2.45, 2.75) is 25.4 Å². The second kappa shape index (κ2) is 7.62. The molecule has 0 radical (unpaired) electrons. The zero-order valence-electron chi connectivity index (χ0n) is 10.8. The van der Waals surface area contributed by atoms with Gasteiger partial charge in [-0.15, -0.1) is 12.4 Å². The van der Waals surface area contributed by atoms with E-state index < -0.39 is 0 Å². The molecule has 18 heavy (non-hydrogen) atoms. The lowest BCUT2D eigenvalue weighted by molar-refractivity contribution is 0.0714. The fourth-order valence-electron chi connectivity index (χ4n) is 2.35. The molecule has 0 amide bonds. The second-order valence-electron chi connectivity index (χ2n) is 4.70. The van der Waals surface area contributed by atoms with Crippen LogP contribution in [-0.2, 0) is 6.42 Å². The monoisotopic (exact) mass is 271 g/mol. The molecule has 102 valence electrons. The second-order valence-corrected chi connectivity index (χ2v) is 4.70. The highest BCUT2D eigenvalue weighted by molar-refractivity contribution is 5.85. The molecule has 0 bridgehead atoms. The van der Waals surface area contributed by atoms with Crippen LogP contribution < -0.4 is 4.74 Å². The zero-order valence-corrected chi connectivity index (χ0v) is 11.7. The number of rotatable bonds is 4. The predicted octanol–water partition coefficient (Wildman–Crippen LogP) is 2.12.